The van der Waals surface area contributed by atoms with Gasteiger partial charge in [0.05, 0.1) is 11.1 Å². The third-order valence-electron chi connectivity index (χ3n) is 3.87. The number of imide groups is 1. The Kier molecular flexibility index (Phi) is 2.82. The first-order valence-corrected chi connectivity index (χ1v) is 7.03. The van der Waals surface area contributed by atoms with Gasteiger partial charge >= 0.3 is 5.97 Å². The van der Waals surface area contributed by atoms with Crippen molar-refractivity contribution in [3.63, 3.8) is 0 Å². The molecule has 0 fully saturated rings. The molecule has 0 aliphatic carbocycles. The lowest BCUT2D eigenvalue weighted by atomic mass is 9.95. The first kappa shape index (κ1) is 13.7. The maximum atomic E-state index is 12.6. The van der Waals surface area contributed by atoms with Crippen LogP contribution in [0.25, 0.3) is 10.8 Å². The third kappa shape index (κ3) is 1.96. The standard InChI is InChI=1S/C17H11NO5/c1-9-8-13(22-17(9)21)23-18-15(19)11-6-2-4-10-5-3-7-12(14(10)11)16(18)20/h2-8,13H,1H3. The van der Waals surface area contributed by atoms with Crippen LogP contribution in [0, 0.1) is 0 Å². The maximum Gasteiger partial charge on any atom is 0.336 e. The maximum absolute atomic E-state index is 12.6. The van der Waals surface area contributed by atoms with Gasteiger partial charge in [-0.1, -0.05) is 24.3 Å². The molecule has 1 unspecified atom stereocenters. The number of nitrogens with zero attached hydrogens (tertiary/aromatic N) is 1. The fourth-order valence-electron chi connectivity index (χ4n) is 2.76. The van der Waals surface area contributed by atoms with Crippen molar-refractivity contribution in [3.8, 4) is 0 Å². The zero-order valence-electron chi connectivity index (χ0n) is 12.1. The SMILES string of the molecule is CC1=CC(ON2C(=O)c3cccc4cccc(c34)C2=O)OC1=O. The molecule has 0 saturated heterocycles. The number of esters is 1. The van der Waals surface area contributed by atoms with Gasteiger partial charge < -0.3 is 4.74 Å². The lowest BCUT2D eigenvalue weighted by molar-refractivity contribution is -0.206. The normalized spacial score (nSPS) is 20.0. The number of benzene rings is 2. The molecule has 2 aromatic carbocycles. The van der Waals surface area contributed by atoms with Gasteiger partial charge in [-0.15, -0.1) is 5.06 Å². The van der Waals surface area contributed by atoms with E-state index in [4.69, 9.17) is 9.57 Å². The molecule has 1 atom stereocenters. The Labute approximate surface area is 130 Å². The molecule has 2 aliphatic rings. The van der Waals surface area contributed by atoms with E-state index in [1.54, 1.807) is 31.2 Å². The van der Waals surface area contributed by atoms with Crippen LogP contribution in [0.2, 0.25) is 0 Å². The van der Waals surface area contributed by atoms with Gasteiger partial charge in [-0.3, -0.25) is 9.59 Å². The largest absolute Gasteiger partial charge is 0.426 e. The summed E-state index contributed by atoms with van der Waals surface area (Å²) in [5.41, 5.74) is 1.12. The van der Waals surface area contributed by atoms with E-state index in [9.17, 15) is 14.4 Å². The smallest absolute Gasteiger partial charge is 0.336 e. The van der Waals surface area contributed by atoms with Gasteiger partial charge in [-0.05, 0) is 30.5 Å². The predicted octanol–water partition coefficient (Wildman–Crippen LogP) is 2.20. The van der Waals surface area contributed by atoms with Crippen molar-refractivity contribution in [2.24, 2.45) is 0 Å². The molecular formula is C17H11NO5. The summed E-state index contributed by atoms with van der Waals surface area (Å²) in [6.45, 7) is 1.57. The summed E-state index contributed by atoms with van der Waals surface area (Å²) in [6, 6.07) is 10.4. The van der Waals surface area contributed by atoms with Crippen LogP contribution in [0.5, 0.6) is 0 Å². The van der Waals surface area contributed by atoms with Gasteiger partial charge in [-0.2, -0.15) is 0 Å². The summed E-state index contributed by atoms with van der Waals surface area (Å²) in [5, 5.41) is 2.08. The van der Waals surface area contributed by atoms with Crippen molar-refractivity contribution in [1.29, 1.82) is 0 Å². The van der Waals surface area contributed by atoms with E-state index in [1.165, 1.54) is 6.08 Å². The quantitative estimate of drug-likeness (QED) is 0.628. The summed E-state index contributed by atoms with van der Waals surface area (Å²) in [5.74, 6) is -1.68. The minimum absolute atomic E-state index is 0.370. The van der Waals surface area contributed by atoms with Crippen molar-refractivity contribution in [3.05, 3.63) is 59.2 Å². The first-order valence-electron chi connectivity index (χ1n) is 7.03. The highest BCUT2D eigenvalue weighted by atomic mass is 16.8. The molecular weight excluding hydrogens is 298 g/mol. The zero-order valence-corrected chi connectivity index (χ0v) is 12.1. The molecule has 6 nitrogen and oxygen atoms in total. The molecule has 0 aromatic heterocycles. The van der Waals surface area contributed by atoms with Crippen molar-refractivity contribution in [2.45, 2.75) is 13.2 Å². The third-order valence-corrected chi connectivity index (χ3v) is 3.87. The molecule has 114 valence electrons. The summed E-state index contributed by atoms with van der Waals surface area (Å²) >= 11 is 0. The Balaban J connectivity index is 1.76. The van der Waals surface area contributed by atoms with Crippen molar-refractivity contribution in [2.75, 3.05) is 0 Å². The number of carbonyl (C=O) groups excluding carboxylic acids is 3. The highest BCUT2D eigenvalue weighted by Gasteiger charge is 2.37. The van der Waals surface area contributed by atoms with E-state index < -0.39 is 24.1 Å². The van der Waals surface area contributed by atoms with Crippen molar-refractivity contribution >= 4 is 28.6 Å². The van der Waals surface area contributed by atoms with Crippen LogP contribution < -0.4 is 0 Å². The van der Waals surface area contributed by atoms with Gasteiger partial charge in [0, 0.05) is 11.0 Å². The lowest BCUT2D eigenvalue weighted by Crippen LogP contribution is -2.42. The highest BCUT2D eigenvalue weighted by Crippen LogP contribution is 2.31. The molecule has 0 saturated carbocycles. The summed E-state index contributed by atoms with van der Waals surface area (Å²) in [7, 11) is 0. The molecule has 0 N–H and O–H groups in total. The van der Waals surface area contributed by atoms with E-state index in [0.29, 0.717) is 27.1 Å². The number of carbonyl (C=O) groups is 3. The number of hydrogen-bond acceptors (Lipinski definition) is 5. The van der Waals surface area contributed by atoms with Crippen LogP contribution >= 0.6 is 0 Å². The summed E-state index contributed by atoms with van der Waals surface area (Å²) < 4.78 is 4.93. The first-order chi connectivity index (χ1) is 11.1. The second kappa shape index (κ2) is 4.76. The fourth-order valence-corrected chi connectivity index (χ4v) is 2.76. The number of amides is 2. The van der Waals surface area contributed by atoms with E-state index >= 15 is 0 Å². The molecule has 2 heterocycles. The fraction of sp³-hybridized carbons (Fsp3) is 0.118. The van der Waals surface area contributed by atoms with Gasteiger partial charge in [0.2, 0.25) is 6.29 Å². The summed E-state index contributed by atoms with van der Waals surface area (Å²) in [4.78, 5) is 41.9. The Hall–Kier alpha value is -2.99. The minimum atomic E-state index is -1.08. The number of cyclic esters (lactones) is 1. The number of hydroxylamine groups is 2. The minimum Gasteiger partial charge on any atom is -0.426 e. The van der Waals surface area contributed by atoms with Crippen LogP contribution in [-0.4, -0.2) is 29.1 Å². The van der Waals surface area contributed by atoms with E-state index in [2.05, 4.69) is 0 Å². The topological polar surface area (TPSA) is 72.9 Å². The number of ether oxygens (including phenoxy) is 1. The Morgan fingerprint density at radius 3 is 2.13 bits per heavy atom. The van der Waals surface area contributed by atoms with Crippen LogP contribution in [-0.2, 0) is 14.4 Å². The molecule has 2 aliphatic heterocycles. The van der Waals surface area contributed by atoms with E-state index in [-0.39, 0.29) is 0 Å². The second-order valence-corrected chi connectivity index (χ2v) is 5.34. The monoisotopic (exact) mass is 309 g/mol. The van der Waals surface area contributed by atoms with Gasteiger partial charge in [0.25, 0.3) is 11.8 Å². The summed E-state index contributed by atoms with van der Waals surface area (Å²) in [6.07, 6.45) is 0.337. The lowest BCUT2D eigenvalue weighted by Gasteiger charge is -2.27. The molecule has 6 heteroatoms. The number of hydrogen-bond donors (Lipinski definition) is 0. The molecule has 4 rings (SSSR count). The van der Waals surface area contributed by atoms with Crippen molar-refractivity contribution < 1.29 is 24.0 Å². The van der Waals surface area contributed by atoms with E-state index in [1.807, 2.05) is 12.1 Å². The zero-order chi connectivity index (χ0) is 16.1. The van der Waals surface area contributed by atoms with Gasteiger partial charge in [-0.25, -0.2) is 9.63 Å². The Bertz CT molecular complexity index is 864. The molecule has 0 radical (unpaired) electrons. The average Bonchev–Trinajstić information content (AvgIpc) is 2.87. The molecule has 23 heavy (non-hydrogen) atoms. The second-order valence-electron chi connectivity index (χ2n) is 5.34. The average molecular weight is 309 g/mol. The van der Waals surface area contributed by atoms with Crippen LogP contribution in [0.4, 0.5) is 0 Å². The van der Waals surface area contributed by atoms with Gasteiger partial charge in [0.15, 0.2) is 0 Å². The Morgan fingerprint density at radius 2 is 1.61 bits per heavy atom. The number of rotatable bonds is 2. The molecule has 2 amide bonds. The Morgan fingerprint density at radius 1 is 1.00 bits per heavy atom. The molecule has 0 spiro atoms. The molecule has 2 aromatic rings. The van der Waals surface area contributed by atoms with Gasteiger partial charge in [0.1, 0.15) is 0 Å². The predicted molar refractivity (Wildman–Crippen MR) is 79.2 cm³/mol. The molecule has 0 bridgehead atoms. The van der Waals surface area contributed by atoms with Crippen LogP contribution in [0.3, 0.4) is 0 Å². The highest BCUT2D eigenvalue weighted by molar-refractivity contribution is 6.24. The van der Waals surface area contributed by atoms with Crippen LogP contribution in [0.1, 0.15) is 27.6 Å². The van der Waals surface area contributed by atoms with Crippen LogP contribution in [0.15, 0.2) is 48.0 Å². The van der Waals surface area contributed by atoms with E-state index in [0.717, 1.165) is 5.39 Å². The van der Waals surface area contributed by atoms with Crippen molar-refractivity contribution in [1.82, 2.24) is 5.06 Å².